The molecule has 0 spiro atoms. The number of carbonyl (C=O) groups is 1. The largest absolute Gasteiger partial charge is 0.470 e. The number of fused-ring (bicyclic) bond motifs is 3. The van der Waals surface area contributed by atoms with Crippen molar-refractivity contribution in [2.45, 2.75) is 25.5 Å². The van der Waals surface area contributed by atoms with E-state index in [1.165, 1.54) is 5.56 Å². The molecule has 1 aromatic rings. The van der Waals surface area contributed by atoms with Crippen LogP contribution in [0.1, 0.15) is 24.8 Å². The van der Waals surface area contributed by atoms with E-state index in [0.717, 1.165) is 12.2 Å². The predicted octanol–water partition coefficient (Wildman–Crippen LogP) is 1.64. The average molecular weight is 203 g/mol. The van der Waals surface area contributed by atoms with Crippen LogP contribution in [0.25, 0.3) is 0 Å². The molecule has 1 N–H and O–H groups in total. The molecule has 2 aliphatic heterocycles. The van der Waals surface area contributed by atoms with Gasteiger partial charge in [0.05, 0.1) is 11.8 Å². The third-order valence-electron chi connectivity index (χ3n) is 3.35. The van der Waals surface area contributed by atoms with Crippen molar-refractivity contribution in [3.63, 3.8) is 0 Å². The summed E-state index contributed by atoms with van der Waals surface area (Å²) in [7, 11) is 0. The van der Waals surface area contributed by atoms with Gasteiger partial charge < -0.3 is 10.1 Å². The van der Waals surface area contributed by atoms with E-state index in [1.54, 1.807) is 0 Å². The summed E-state index contributed by atoms with van der Waals surface area (Å²) in [6.45, 7) is 2.05. The second kappa shape index (κ2) is 2.99. The van der Waals surface area contributed by atoms with Crippen molar-refractivity contribution in [3.8, 4) is 5.75 Å². The number of benzene rings is 1. The molecule has 3 atom stereocenters. The SMILES string of the molecule is CC[C@@H]1C(=O)N[C@@H]2Oc3ccccc3[C@@H]21. The van der Waals surface area contributed by atoms with Gasteiger partial charge in [-0.05, 0) is 12.5 Å². The Bertz CT molecular complexity index is 416. The standard InChI is InChI=1S/C12H13NO2/c1-2-7-10-8-5-3-4-6-9(8)15-12(10)13-11(7)14/h3-7,10,12H,2H2,1H3,(H,13,14)/t7-,10-,12+/m0/s1. The molecule has 1 aromatic carbocycles. The molecule has 1 amide bonds. The molecule has 2 aliphatic rings. The fourth-order valence-corrected chi connectivity index (χ4v) is 2.63. The lowest BCUT2D eigenvalue weighted by atomic mass is 9.87. The van der Waals surface area contributed by atoms with Crippen LogP contribution in [-0.4, -0.2) is 12.1 Å². The molecular formula is C12H13NO2. The fraction of sp³-hybridized carbons (Fsp3) is 0.417. The Morgan fingerprint density at radius 1 is 1.40 bits per heavy atom. The Balaban J connectivity index is 2.05. The molecule has 0 radical (unpaired) electrons. The molecule has 0 unspecified atom stereocenters. The Morgan fingerprint density at radius 2 is 2.20 bits per heavy atom. The molecule has 78 valence electrons. The third-order valence-corrected chi connectivity index (χ3v) is 3.35. The fourth-order valence-electron chi connectivity index (χ4n) is 2.63. The van der Waals surface area contributed by atoms with Crippen molar-refractivity contribution in [1.29, 1.82) is 0 Å². The Morgan fingerprint density at radius 3 is 3.00 bits per heavy atom. The summed E-state index contributed by atoms with van der Waals surface area (Å²) in [5.74, 6) is 1.32. The molecule has 1 fully saturated rings. The minimum Gasteiger partial charge on any atom is -0.470 e. The summed E-state index contributed by atoms with van der Waals surface area (Å²) in [6, 6.07) is 7.98. The minimum absolute atomic E-state index is 0.0682. The molecule has 1 saturated heterocycles. The van der Waals surface area contributed by atoms with E-state index in [9.17, 15) is 4.79 Å². The highest BCUT2D eigenvalue weighted by Crippen LogP contribution is 2.45. The first kappa shape index (κ1) is 8.77. The van der Waals surface area contributed by atoms with Gasteiger partial charge in [-0.15, -0.1) is 0 Å². The topological polar surface area (TPSA) is 38.3 Å². The first-order valence-electron chi connectivity index (χ1n) is 5.37. The van der Waals surface area contributed by atoms with Gasteiger partial charge in [0.1, 0.15) is 5.75 Å². The van der Waals surface area contributed by atoms with E-state index in [4.69, 9.17) is 4.74 Å². The van der Waals surface area contributed by atoms with E-state index in [0.29, 0.717) is 0 Å². The van der Waals surface area contributed by atoms with Crippen molar-refractivity contribution < 1.29 is 9.53 Å². The lowest BCUT2D eigenvalue weighted by Crippen LogP contribution is -2.30. The molecule has 3 nitrogen and oxygen atoms in total. The smallest absolute Gasteiger partial charge is 0.226 e. The van der Waals surface area contributed by atoms with Gasteiger partial charge in [-0.3, -0.25) is 4.79 Å². The third kappa shape index (κ3) is 1.09. The number of rotatable bonds is 1. The number of hydrogen-bond acceptors (Lipinski definition) is 2. The summed E-state index contributed by atoms with van der Waals surface area (Å²) >= 11 is 0. The Kier molecular flexibility index (Phi) is 1.75. The van der Waals surface area contributed by atoms with Crippen LogP contribution < -0.4 is 10.1 Å². The first-order valence-corrected chi connectivity index (χ1v) is 5.37. The zero-order valence-electron chi connectivity index (χ0n) is 8.57. The van der Waals surface area contributed by atoms with Crippen LogP contribution in [0.4, 0.5) is 0 Å². The van der Waals surface area contributed by atoms with Crippen LogP contribution in [0.3, 0.4) is 0 Å². The summed E-state index contributed by atoms with van der Waals surface area (Å²) in [4.78, 5) is 11.6. The molecule has 0 aromatic heterocycles. The van der Waals surface area contributed by atoms with Crippen LogP contribution >= 0.6 is 0 Å². The number of amides is 1. The summed E-state index contributed by atoms with van der Waals surface area (Å²) in [5, 5.41) is 2.90. The van der Waals surface area contributed by atoms with Crippen molar-refractivity contribution in [2.24, 2.45) is 5.92 Å². The molecule has 3 rings (SSSR count). The monoisotopic (exact) mass is 203 g/mol. The Labute approximate surface area is 88.4 Å². The second-order valence-corrected chi connectivity index (χ2v) is 4.13. The number of nitrogens with one attached hydrogen (secondary N) is 1. The lowest BCUT2D eigenvalue weighted by molar-refractivity contribution is -0.123. The van der Waals surface area contributed by atoms with Crippen LogP contribution in [0.15, 0.2) is 24.3 Å². The molecule has 0 saturated carbocycles. The summed E-state index contributed by atoms with van der Waals surface area (Å²) < 4.78 is 5.70. The summed E-state index contributed by atoms with van der Waals surface area (Å²) in [6.07, 6.45) is 0.727. The van der Waals surface area contributed by atoms with Gasteiger partial charge in [0.2, 0.25) is 5.91 Å². The molecule has 0 bridgehead atoms. The molecular weight excluding hydrogens is 190 g/mol. The first-order chi connectivity index (χ1) is 7.31. The number of hydrogen-bond donors (Lipinski definition) is 1. The van der Waals surface area contributed by atoms with Crippen molar-refractivity contribution in [1.82, 2.24) is 5.32 Å². The number of ether oxygens (including phenoxy) is 1. The van der Waals surface area contributed by atoms with Crippen LogP contribution in [0, 0.1) is 5.92 Å². The maximum absolute atomic E-state index is 11.6. The molecule has 3 heteroatoms. The quantitative estimate of drug-likeness (QED) is 0.753. The van der Waals surface area contributed by atoms with Crippen molar-refractivity contribution >= 4 is 5.91 Å². The lowest BCUT2D eigenvalue weighted by Gasteiger charge is -2.11. The highest BCUT2D eigenvalue weighted by Gasteiger charge is 2.48. The van der Waals surface area contributed by atoms with Gasteiger partial charge in [0.15, 0.2) is 6.23 Å². The maximum Gasteiger partial charge on any atom is 0.226 e. The predicted molar refractivity (Wildman–Crippen MR) is 55.5 cm³/mol. The van der Waals surface area contributed by atoms with Crippen molar-refractivity contribution in [2.75, 3.05) is 0 Å². The van der Waals surface area contributed by atoms with Gasteiger partial charge in [-0.2, -0.15) is 0 Å². The number of para-hydroxylation sites is 1. The van der Waals surface area contributed by atoms with Gasteiger partial charge in [0.25, 0.3) is 0 Å². The minimum atomic E-state index is -0.139. The maximum atomic E-state index is 11.6. The highest BCUT2D eigenvalue weighted by atomic mass is 16.5. The van der Waals surface area contributed by atoms with Gasteiger partial charge in [-0.1, -0.05) is 25.1 Å². The zero-order chi connectivity index (χ0) is 10.4. The zero-order valence-corrected chi connectivity index (χ0v) is 8.57. The second-order valence-electron chi connectivity index (χ2n) is 4.13. The molecule has 15 heavy (non-hydrogen) atoms. The van der Waals surface area contributed by atoms with Gasteiger partial charge >= 0.3 is 0 Å². The van der Waals surface area contributed by atoms with E-state index in [2.05, 4.69) is 11.4 Å². The average Bonchev–Trinajstić information content (AvgIpc) is 2.72. The normalized spacial score (nSPS) is 31.8. The van der Waals surface area contributed by atoms with Gasteiger partial charge in [0, 0.05) is 5.56 Å². The highest BCUT2D eigenvalue weighted by molar-refractivity contribution is 5.83. The van der Waals surface area contributed by atoms with E-state index in [1.807, 2.05) is 25.1 Å². The van der Waals surface area contributed by atoms with Gasteiger partial charge in [-0.25, -0.2) is 0 Å². The molecule has 2 heterocycles. The van der Waals surface area contributed by atoms with Crippen molar-refractivity contribution in [3.05, 3.63) is 29.8 Å². The van der Waals surface area contributed by atoms with E-state index >= 15 is 0 Å². The van der Waals surface area contributed by atoms with Crippen LogP contribution in [0.2, 0.25) is 0 Å². The van der Waals surface area contributed by atoms with Crippen LogP contribution in [0.5, 0.6) is 5.75 Å². The summed E-state index contributed by atoms with van der Waals surface area (Å²) in [5.41, 5.74) is 1.17. The van der Waals surface area contributed by atoms with Crippen LogP contribution in [-0.2, 0) is 4.79 Å². The van der Waals surface area contributed by atoms with E-state index < -0.39 is 0 Å². The Hall–Kier alpha value is -1.51. The van der Waals surface area contributed by atoms with E-state index in [-0.39, 0.29) is 24.0 Å². The molecule has 0 aliphatic carbocycles. The number of carbonyl (C=O) groups excluding carboxylic acids is 1.